The molecular weight excluding hydrogens is 304 g/mol. The van der Waals surface area contributed by atoms with Crippen molar-refractivity contribution in [3.05, 3.63) is 35.4 Å². The maximum absolute atomic E-state index is 12.6. The second-order valence-corrected chi connectivity index (χ2v) is 6.73. The van der Waals surface area contributed by atoms with E-state index in [1.54, 1.807) is 7.11 Å². The molecule has 0 aromatic heterocycles. The van der Waals surface area contributed by atoms with Crippen LogP contribution in [-0.2, 0) is 16.1 Å². The zero-order valence-corrected chi connectivity index (χ0v) is 14.4. The summed E-state index contributed by atoms with van der Waals surface area (Å²) in [6.45, 7) is 3.11. The molecule has 1 aromatic rings. The number of ether oxygens (including phenoxy) is 1. The van der Waals surface area contributed by atoms with Gasteiger partial charge in [0, 0.05) is 44.8 Å². The lowest BCUT2D eigenvalue weighted by atomic mass is 10.1. The first-order chi connectivity index (χ1) is 11.7. The highest BCUT2D eigenvalue weighted by Crippen LogP contribution is 2.27. The summed E-state index contributed by atoms with van der Waals surface area (Å²) in [6.07, 6.45) is 4.42. The van der Waals surface area contributed by atoms with Crippen LogP contribution in [0.25, 0.3) is 0 Å². The Balaban J connectivity index is 1.53. The van der Waals surface area contributed by atoms with Crippen LogP contribution in [0.1, 0.15) is 41.6 Å². The Morgan fingerprint density at radius 3 is 2.17 bits per heavy atom. The number of amides is 2. The number of rotatable bonds is 4. The molecule has 1 aliphatic carbocycles. The fraction of sp³-hybridized carbons (Fsp3) is 0.579. The van der Waals surface area contributed by atoms with E-state index in [4.69, 9.17) is 4.74 Å². The maximum atomic E-state index is 12.6. The van der Waals surface area contributed by atoms with Crippen LogP contribution in [0.2, 0.25) is 0 Å². The minimum absolute atomic E-state index is 0.0481. The first kappa shape index (κ1) is 17.0. The van der Waals surface area contributed by atoms with Gasteiger partial charge in [-0.15, -0.1) is 0 Å². The highest BCUT2D eigenvalue weighted by Gasteiger charge is 2.30. The second kappa shape index (κ2) is 7.79. The molecule has 1 saturated heterocycles. The monoisotopic (exact) mass is 330 g/mol. The third kappa shape index (κ3) is 3.78. The standard InChI is InChI=1S/C19H26N2O3/c1-24-14-15-6-8-17(9-7-15)19(23)21-12-10-20(11-13-21)18(22)16-4-2-3-5-16/h6-9,16H,2-5,10-14H2,1H3. The largest absolute Gasteiger partial charge is 0.380 e. The van der Waals surface area contributed by atoms with Gasteiger partial charge in [0.15, 0.2) is 0 Å². The average Bonchev–Trinajstić information content (AvgIpc) is 3.16. The Morgan fingerprint density at radius 2 is 1.58 bits per heavy atom. The molecule has 0 bridgehead atoms. The Morgan fingerprint density at radius 1 is 1.00 bits per heavy atom. The van der Waals surface area contributed by atoms with Gasteiger partial charge in [0.25, 0.3) is 5.91 Å². The topological polar surface area (TPSA) is 49.9 Å². The molecule has 2 amide bonds. The summed E-state index contributed by atoms with van der Waals surface area (Å²) in [4.78, 5) is 28.8. The lowest BCUT2D eigenvalue weighted by molar-refractivity contribution is -0.136. The molecule has 5 nitrogen and oxygen atoms in total. The van der Waals surface area contributed by atoms with Crippen LogP contribution < -0.4 is 0 Å². The van der Waals surface area contributed by atoms with Gasteiger partial charge in [0.1, 0.15) is 0 Å². The molecule has 0 spiro atoms. The Bertz CT molecular complexity index is 571. The van der Waals surface area contributed by atoms with Crippen molar-refractivity contribution in [3.8, 4) is 0 Å². The van der Waals surface area contributed by atoms with E-state index >= 15 is 0 Å². The molecule has 1 aromatic carbocycles. The highest BCUT2D eigenvalue weighted by molar-refractivity contribution is 5.94. The van der Waals surface area contributed by atoms with E-state index in [2.05, 4.69) is 0 Å². The molecule has 2 aliphatic rings. The van der Waals surface area contributed by atoms with Gasteiger partial charge < -0.3 is 14.5 Å². The molecule has 5 heteroatoms. The van der Waals surface area contributed by atoms with Crippen molar-refractivity contribution in [2.75, 3.05) is 33.3 Å². The smallest absolute Gasteiger partial charge is 0.253 e. The lowest BCUT2D eigenvalue weighted by Gasteiger charge is -2.36. The Hall–Kier alpha value is -1.88. The Labute approximate surface area is 143 Å². The van der Waals surface area contributed by atoms with Crippen LogP contribution in [0.3, 0.4) is 0 Å². The summed E-state index contributed by atoms with van der Waals surface area (Å²) in [5.41, 5.74) is 1.76. The van der Waals surface area contributed by atoms with Gasteiger partial charge in [0.2, 0.25) is 5.91 Å². The third-order valence-corrected chi connectivity index (χ3v) is 5.09. The molecule has 0 N–H and O–H groups in total. The SMILES string of the molecule is COCc1ccc(C(=O)N2CCN(C(=O)C3CCCC3)CC2)cc1. The summed E-state index contributed by atoms with van der Waals surface area (Å²) in [6, 6.07) is 7.56. The average molecular weight is 330 g/mol. The zero-order chi connectivity index (χ0) is 16.9. The Kier molecular flexibility index (Phi) is 5.51. The molecule has 24 heavy (non-hydrogen) atoms. The van der Waals surface area contributed by atoms with Crippen LogP contribution in [0.5, 0.6) is 0 Å². The van der Waals surface area contributed by atoms with Crippen LogP contribution >= 0.6 is 0 Å². The van der Waals surface area contributed by atoms with E-state index in [0.717, 1.165) is 18.4 Å². The number of methoxy groups -OCH3 is 1. The first-order valence-electron chi connectivity index (χ1n) is 8.85. The van der Waals surface area contributed by atoms with Gasteiger partial charge in [-0.3, -0.25) is 9.59 Å². The van der Waals surface area contributed by atoms with Crippen molar-refractivity contribution in [1.82, 2.24) is 9.80 Å². The van der Waals surface area contributed by atoms with E-state index in [1.165, 1.54) is 12.8 Å². The highest BCUT2D eigenvalue weighted by atomic mass is 16.5. The molecular formula is C19H26N2O3. The number of hydrogen-bond acceptors (Lipinski definition) is 3. The summed E-state index contributed by atoms with van der Waals surface area (Å²) in [5.74, 6) is 0.566. The normalized spacial score (nSPS) is 18.9. The number of carbonyl (C=O) groups excluding carboxylic acids is 2. The predicted molar refractivity (Wildman–Crippen MR) is 91.6 cm³/mol. The van der Waals surface area contributed by atoms with E-state index < -0.39 is 0 Å². The number of hydrogen-bond donors (Lipinski definition) is 0. The van der Waals surface area contributed by atoms with Crippen LogP contribution in [0, 0.1) is 5.92 Å². The van der Waals surface area contributed by atoms with E-state index in [1.807, 2.05) is 34.1 Å². The quantitative estimate of drug-likeness (QED) is 0.851. The van der Waals surface area contributed by atoms with Crippen molar-refractivity contribution in [2.45, 2.75) is 32.3 Å². The number of benzene rings is 1. The van der Waals surface area contributed by atoms with Crippen molar-refractivity contribution in [3.63, 3.8) is 0 Å². The third-order valence-electron chi connectivity index (χ3n) is 5.09. The minimum atomic E-state index is 0.0481. The second-order valence-electron chi connectivity index (χ2n) is 6.73. The molecule has 2 fully saturated rings. The van der Waals surface area contributed by atoms with Gasteiger partial charge in [-0.25, -0.2) is 0 Å². The molecule has 0 unspecified atom stereocenters. The molecule has 130 valence electrons. The number of nitrogens with zero attached hydrogens (tertiary/aromatic N) is 2. The van der Waals surface area contributed by atoms with Gasteiger partial charge in [-0.1, -0.05) is 25.0 Å². The zero-order valence-electron chi connectivity index (χ0n) is 14.4. The van der Waals surface area contributed by atoms with Crippen molar-refractivity contribution in [1.29, 1.82) is 0 Å². The molecule has 3 rings (SSSR count). The predicted octanol–water partition coefficient (Wildman–Crippen LogP) is 2.31. The number of piperazine rings is 1. The van der Waals surface area contributed by atoms with Gasteiger partial charge in [-0.05, 0) is 30.5 Å². The van der Waals surface area contributed by atoms with Gasteiger partial charge in [0.05, 0.1) is 6.61 Å². The lowest BCUT2D eigenvalue weighted by Crippen LogP contribution is -2.51. The molecule has 0 radical (unpaired) electrons. The summed E-state index contributed by atoms with van der Waals surface area (Å²) < 4.78 is 5.09. The minimum Gasteiger partial charge on any atom is -0.380 e. The van der Waals surface area contributed by atoms with E-state index in [0.29, 0.717) is 44.3 Å². The van der Waals surface area contributed by atoms with Crippen molar-refractivity contribution >= 4 is 11.8 Å². The molecule has 1 saturated carbocycles. The first-order valence-corrected chi connectivity index (χ1v) is 8.85. The van der Waals surface area contributed by atoms with Crippen molar-refractivity contribution < 1.29 is 14.3 Å². The van der Waals surface area contributed by atoms with Crippen LogP contribution in [0.4, 0.5) is 0 Å². The summed E-state index contributed by atoms with van der Waals surface area (Å²) in [7, 11) is 1.66. The van der Waals surface area contributed by atoms with E-state index in [-0.39, 0.29) is 11.8 Å². The fourth-order valence-corrected chi connectivity index (χ4v) is 3.65. The molecule has 1 heterocycles. The van der Waals surface area contributed by atoms with Crippen LogP contribution in [0.15, 0.2) is 24.3 Å². The summed E-state index contributed by atoms with van der Waals surface area (Å²) in [5, 5.41) is 0. The molecule has 0 atom stereocenters. The van der Waals surface area contributed by atoms with Crippen molar-refractivity contribution in [2.24, 2.45) is 5.92 Å². The summed E-state index contributed by atoms with van der Waals surface area (Å²) >= 11 is 0. The number of carbonyl (C=O) groups is 2. The van der Waals surface area contributed by atoms with Crippen LogP contribution in [-0.4, -0.2) is 54.9 Å². The maximum Gasteiger partial charge on any atom is 0.253 e. The fourth-order valence-electron chi connectivity index (χ4n) is 3.65. The van der Waals surface area contributed by atoms with E-state index in [9.17, 15) is 9.59 Å². The molecule has 1 aliphatic heterocycles. The van der Waals surface area contributed by atoms with Gasteiger partial charge in [-0.2, -0.15) is 0 Å². The van der Waals surface area contributed by atoms with Gasteiger partial charge >= 0.3 is 0 Å².